The SMILES string of the molecule is CCCCCCCCCCCCCCCCCCC[C@@H](OC(C)=O)[C@H](COC(C)=O)NC(C)=O. The lowest BCUT2D eigenvalue weighted by Gasteiger charge is -2.27. The molecule has 0 aliphatic heterocycles. The van der Waals surface area contributed by atoms with E-state index in [1.807, 2.05) is 0 Å². The number of carbonyl (C=O) groups is 3. The second-order valence-corrected chi connectivity index (χ2v) is 9.70. The van der Waals surface area contributed by atoms with Crippen LogP contribution >= 0.6 is 0 Å². The molecule has 0 spiro atoms. The number of unbranched alkanes of at least 4 members (excludes halogenated alkanes) is 16. The Morgan fingerprint density at radius 2 is 1.03 bits per heavy atom. The molecule has 34 heavy (non-hydrogen) atoms. The van der Waals surface area contributed by atoms with Crippen LogP contribution in [0.3, 0.4) is 0 Å². The minimum Gasteiger partial charge on any atom is -0.464 e. The van der Waals surface area contributed by atoms with E-state index < -0.39 is 24.1 Å². The Kier molecular flexibility index (Phi) is 22.1. The maximum Gasteiger partial charge on any atom is 0.302 e. The number of amides is 1. The van der Waals surface area contributed by atoms with E-state index in [1.54, 1.807) is 0 Å². The van der Waals surface area contributed by atoms with Gasteiger partial charge in [-0.05, 0) is 12.8 Å². The summed E-state index contributed by atoms with van der Waals surface area (Å²) in [6.45, 7) is 6.36. The zero-order chi connectivity index (χ0) is 25.4. The third-order valence-corrected chi connectivity index (χ3v) is 6.21. The van der Waals surface area contributed by atoms with Gasteiger partial charge in [0.05, 0.1) is 6.04 Å². The fourth-order valence-corrected chi connectivity index (χ4v) is 4.34. The lowest BCUT2D eigenvalue weighted by atomic mass is 10.0. The highest BCUT2D eigenvalue weighted by molar-refractivity contribution is 5.73. The molecule has 6 nitrogen and oxygen atoms in total. The van der Waals surface area contributed by atoms with Gasteiger partial charge in [-0.25, -0.2) is 0 Å². The van der Waals surface area contributed by atoms with Gasteiger partial charge in [0.1, 0.15) is 12.7 Å². The monoisotopic (exact) mass is 483 g/mol. The molecule has 0 aromatic rings. The molecule has 1 amide bonds. The zero-order valence-electron chi connectivity index (χ0n) is 22.6. The number of hydrogen-bond donors (Lipinski definition) is 1. The zero-order valence-corrected chi connectivity index (χ0v) is 22.6. The van der Waals surface area contributed by atoms with Crippen LogP contribution in [0.2, 0.25) is 0 Å². The average molecular weight is 484 g/mol. The second kappa shape index (κ2) is 23.2. The molecule has 0 bridgehead atoms. The Morgan fingerprint density at radius 1 is 0.618 bits per heavy atom. The topological polar surface area (TPSA) is 81.7 Å². The van der Waals surface area contributed by atoms with Gasteiger partial charge in [-0.15, -0.1) is 0 Å². The van der Waals surface area contributed by atoms with Crippen molar-refractivity contribution < 1.29 is 23.9 Å². The van der Waals surface area contributed by atoms with Crippen LogP contribution in [0.25, 0.3) is 0 Å². The Bertz CT molecular complexity index is 523. The molecule has 0 saturated carbocycles. The van der Waals surface area contributed by atoms with Crippen LogP contribution in [0.15, 0.2) is 0 Å². The maximum atomic E-state index is 11.5. The molecule has 0 rings (SSSR count). The van der Waals surface area contributed by atoms with Gasteiger partial charge in [-0.1, -0.05) is 110 Å². The summed E-state index contributed by atoms with van der Waals surface area (Å²) in [5.41, 5.74) is 0. The fraction of sp³-hybridized carbons (Fsp3) is 0.893. The molecule has 0 unspecified atom stereocenters. The Labute approximate surface area is 209 Å². The summed E-state index contributed by atoms with van der Waals surface area (Å²) in [6, 6.07) is -0.522. The summed E-state index contributed by atoms with van der Waals surface area (Å²) < 4.78 is 10.5. The number of carbonyl (C=O) groups excluding carboxylic acids is 3. The molecular formula is C28H53NO5. The predicted molar refractivity (Wildman–Crippen MR) is 139 cm³/mol. The number of rotatable bonds is 23. The molecule has 0 aromatic heterocycles. The van der Waals surface area contributed by atoms with E-state index in [4.69, 9.17) is 9.47 Å². The molecule has 0 heterocycles. The Balaban J connectivity index is 3.83. The van der Waals surface area contributed by atoms with Crippen molar-refractivity contribution in [2.75, 3.05) is 6.61 Å². The standard InChI is InChI=1S/C28H53NO5/c1-5-6-7-8-9-10-11-12-13-14-15-16-17-18-19-20-21-22-28(34-26(4)32)27(29-24(2)30)23-33-25(3)31/h27-28H,5-23H2,1-4H3,(H,29,30)/t27-,28+/m0/s1. The van der Waals surface area contributed by atoms with Gasteiger partial charge in [0, 0.05) is 20.8 Å². The van der Waals surface area contributed by atoms with Gasteiger partial charge >= 0.3 is 11.9 Å². The molecule has 1 N–H and O–H groups in total. The van der Waals surface area contributed by atoms with Crippen molar-refractivity contribution in [3.8, 4) is 0 Å². The number of hydrogen-bond acceptors (Lipinski definition) is 5. The summed E-state index contributed by atoms with van der Waals surface area (Å²) in [5.74, 6) is -1.05. The smallest absolute Gasteiger partial charge is 0.302 e. The normalized spacial score (nSPS) is 12.7. The van der Waals surface area contributed by atoms with E-state index in [-0.39, 0.29) is 12.5 Å². The van der Waals surface area contributed by atoms with Crippen molar-refractivity contribution in [2.45, 2.75) is 155 Å². The van der Waals surface area contributed by atoms with E-state index >= 15 is 0 Å². The van der Waals surface area contributed by atoms with Crippen molar-refractivity contribution in [2.24, 2.45) is 0 Å². The summed E-state index contributed by atoms with van der Waals surface area (Å²) in [7, 11) is 0. The molecule has 0 aromatic carbocycles. The van der Waals surface area contributed by atoms with Crippen molar-refractivity contribution in [3.63, 3.8) is 0 Å². The molecule has 0 radical (unpaired) electrons. The predicted octanol–water partition coefficient (Wildman–Crippen LogP) is 7.03. The van der Waals surface area contributed by atoms with Gasteiger partial charge in [0.25, 0.3) is 0 Å². The van der Waals surface area contributed by atoms with Crippen LogP contribution in [0.1, 0.15) is 143 Å². The lowest BCUT2D eigenvalue weighted by Crippen LogP contribution is -2.47. The van der Waals surface area contributed by atoms with Crippen LogP contribution in [-0.2, 0) is 23.9 Å². The highest BCUT2D eigenvalue weighted by Gasteiger charge is 2.26. The van der Waals surface area contributed by atoms with E-state index in [1.165, 1.54) is 117 Å². The Hall–Kier alpha value is -1.59. The van der Waals surface area contributed by atoms with Crippen molar-refractivity contribution in [1.82, 2.24) is 5.32 Å². The minimum atomic E-state index is -0.522. The van der Waals surface area contributed by atoms with E-state index in [9.17, 15) is 14.4 Å². The number of esters is 2. The van der Waals surface area contributed by atoms with Crippen LogP contribution in [-0.4, -0.2) is 36.6 Å². The molecular weight excluding hydrogens is 430 g/mol. The first-order valence-electron chi connectivity index (χ1n) is 13.9. The first-order valence-corrected chi connectivity index (χ1v) is 13.9. The molecule has 0 aliphatic rings. The first kappa shape index (κ1) is 32.4. The quantitative estimate of drug-likeness (QED) is 0.125. The third-order valence-electron chi connectivity index (χ3n) is 6.21. The van der Waals surface area contributed by atoms with Crippen LogP contribution in [0.5, 0.6) is 0 Å². The van der Waals surface area contributed by atoms with Crippen molar-refractivity contribution in [1.29, 1.82) is 0 Å². The van der Waals surface area contributed by atoms with Gasteiger partial charge in [-0.2, -0.15) is 0 Å². The number of nitrogens with one attached hydrogen (secondary N) is 1. The van der Waals surface area contributed by atoms with Gasteiger partial charge in [0.15, 0.2) is 0 Å². The lowest BCUT2D eigenvalue weighted by molar-refractivity contribution is -0.152. The molecule has 0 aliphatic carbocycles. The summed E-state index contributed by atoms with van der Waals surface area (Å²) in [5, 5.41) is 2.75. The molecule has 200 valence electrons. The summed E-state index contributed by atoms with van der Waals surface area (Å²) in [6.07, 6.45) is 22.4. The van der Waals surface area contributed by atoms with Gasteiger partial charge < -0.3 is 14.8 Å². The van der Waals surface area contributed by atoms with Gasteiger partial charge in [0.2, 0.25) is 5.91 Å². The number of ether oxygens (including phenoxy) is 2. The van der Waals surface area contributed by atoms with E-state index in [2.05, 4.69) is 12.2 Å². The van der Waals surface area contributed by atoms with Crippen molar-refractivity contribution in [3.05, 3.63) is 0 Å². The van der Waals surface area contributed by atoms with Crippen LogP contribution in [0.4, 0.5) is 0 Å². The Morgan fingerprint density at radius 3 is 1.38 bits per heavy atom. The highest BCUT2D eigenvalue weighted by Crippen LogP contribution is 2.16. The van der Waals surface area contributed by atoms with Gasteiger partial charge in [-0.3, -0.25) is 14.4 Å². The van der Waals surface area contributed by atoms with E-state index in [0.29, 0.717) is 6.42 Å². The molecule has 6 heteroatoms. The molecule has 2 atom stereocenters. The summed E-state index contributed by atoms with van der Waals surface area (Å²) in [4.78, 5) is 34.2. The average Bonchev–Trinajstić information content (AvgIpc) is 2.77. The minimum absolute atomic E-state index is 0.00577. The third kappa shape index (κ3) is 22.2. The van der Waals surface area contributed by atoms with E-state index in [0.717, 1.165) is 12.8 Å². The summed E-state index contributed by atoms with van der Waals surface area (Å²) >= 11 is 0. The molecule has 0 saturated heterocycles. The highest BCUT2D eigenvalue weighted by atomic mass is 16.6. The largest absolute Gasteiger partial charge is 0.464 e. The first-order chi connectivity index (χ1) is 16.4. The van der Waals surface area contributed by atoms with Crippen molar-refractivity contribution >= 4 is 17.8 Å². The fourth-order valence-electron chi connectivity index (χ4n) is 4.34. The second-order valence-electron chi connectivity index (χ2n) is 9.70. The maximum absolute atomic E-state index is 11.5. The van der Waals surface area contributed by atoms with Crippen LogP contribution < -0.4 is 5.32 Å². The molecule has 0 fully saturated rings. The van der Waals surface area contributed by atoms with Crippen LogP contribution in [0, 0.1) is 0 Å².